The lowest BCUT2D eigenvalue weighted by atomic mass is 10.2. The number of nitrogens with zero attached hydrogens (tertiary/aromatic N) is 2. The van der Waals surface area contributed by atoms with E-state index < -0.39 is 40.7 Å². The van der Waals surface area contributed by atoms with Gasteiger partial charge in [0.15, 0.2) is 47.2 Å². The molecule has 0 spiro atoms. The van der Waals surface area contributed by atoms with E-state index in [1.54, 1.807) is 23.5 Å². The third-order valence-corrected chi connectivity index (χ3v) is 4.05. The fourth-order valence-electron chi connectivity index (χ4n) is 2.54. The van der Waals surface area contributed by atoms with Crippen LogP contribution in [0.3, 0.4) is 0 Å². The lowest BCUT2D eigenvalue weighted by Gasteiger charge is -2.13. The maximum atomic E-state index is 13.7. The molecule has 2 aromatic carbocycles. The van der Waals surface area contributed by atoms with E-state index in [0.29, 0.717) is 11.5 Å². The van der Waals surface area contributed by atoms with Crippen molar-refractivity contribution in [3.8, 4) is 17.2 Å². The zero-order chi connectivity index (χ0) is 22.7. The molecule has 1 amide bonds. The molecule has 31 heavy (non-hydrogen) atoms. The molecular formula is C19H14F5N3O4. The van der Waals surface area contributed by atoms with Crippen molar-refractivity contribution in [2.75, 3.05) is 19.5 Å². The van der Waals surface area contributed by atoms with Crippen molar-refractivity contribution in [3.63, 3.8) is 0 Å². The van der Waals surface area contributed by atoms with Crippen molar-refractivity contribution in [1.82, 2.24) is 9.78 Å². The van der Waals surface area contributed by atoms with E-state index in [1.807, 2.05) is 0 Å². The van der Waals surface area contributed by atoms with Crippen molar-refractivity contribution in [1.29, 1.82) is 0 Å². The molecule has 0 saturated heterocycles. The molecule has 0 aliphatic rings. The van der Waals surface area contributed by atoms with Gasteiger partial charge in [-0.15, -0.1) is 0 Å². The van der Waals surface area contributed by atoms with Gasteiger partial charge in [-0.05, 0) is 18.2 Å². The molecule has 0 aliphatic heterocycles. The second kappa shape index (κ2) is 8.90. The molecule has 3 rings (SSSR count). The first kappa shape index (κ1) is 21.9. The summed E-state index contributed by atoms with van der Waals surface area (Å²) in [5.41, 5.74) is -1.84. The molecule has 0 aliphatic carbocycles. The Morgan fingerprint density at radius 1 is 0.935 bits per heavy atom. The van der Waals surface area contributed by atoms with Crippen LogP contribution in [0.1, 0.15) is 10.5 Å². The molecular weight excluding hydrogens is 429 g/mol. The summed E-state index contributed by atoms with van der Waals surface area (Å²) in [6.45, 7) is -0.216. The molecule has 0 saturated carbocycles. The van der Waals surface area contributed by atoms with Crippen LogP contribution in [-0.4, -0.2) is 29.9 Å². The predicted molar refractivity (Wildman–Crippen MR) is 96.6 cm³/mol. The van der Waals surface area contributed by atoms with Crippen LogP contribution in [0.25, 0.3) is 0 Å². The smallest absolute Gasteiger partial charge is 0.276 e. The van der Waals surface area contributed by atoms with E-state index >= 15 is 0 Å². The second-order valence-electron chi connectivity index (χ2n) is 5.90. The number of hydrogen-bond donors (Lipinski definition) is 1. The predicted octanol–water partition coefficient (Wildman–Crippen LogP) is 3.88. The third kappa shape index (κ3) is 4.22. The Labute approximate surface area is 171 Å². The summed E-state index contributed by atoms with van der Waals surface area (Å²) in [7, 11) is 2.86. The third-order valence-electron chi connectivity index (χ3n) is 4.05. The minimum absolute atomic E-state index is 0.216. The summed E-state index contributed by atoms with van der Waals surface area (Å²) in [6.07, 6.45) is 1.30. The van der Waals surface area contributed by atoms with Crippen LogP contribution in [-0.2, 0) is 6.73 Å². The molecule has 0 fully saturated rings. The Kier molecular flexibility index (Phi) is 6.28. The highest BCUT2D eigenvalue weighted by molar-refractivity contribution is 6.02. The van der Waals surface area contributed by atoms with Gasteiger partial charge in [-0.3, -0.25) is 4.79 Å². The van der Waals surface area contributed by atoms with Crippen LogP contribution in [0.2, 0.25) is 0 Å². The highest BCUT2D eigenvalue weighted by Gasteiger charge is 2.27. The summed E-state index contributed by atoms with van der Waals surface area (Å²) in [4.78, 5) is 12.2. The number of anilines is 1. The van der Waals surface area contributed by atoms with E-state index in [1.165, 1.54) is 20.4 Å². The van der Waals surface area contributed by atoms with E-state index in [9.17, 15) is 26.7 Å². The number of halogens is 5. The van der Waals surface area contributed by atoms with Gasteiger partial charge >= 0.3 is 0 Å². The molecule has 1 heterocycles. The summed E-state index contributed by atoms with van der Waals surface area (Å²) in [6, 6.07) is 6.10. The minimum Gasteiger partial charge on any atom is -0.493 e. The van der Waals surface area contributed by atoms with Crippen LogP contribution in [0.15, 0.2) is 30.5 Å². The Morgan fingerprint density at radius 3 is 2.03 bits per heavy atom. The summed E-state index contributed by atoms with van der Waals surface area (Å²) < 4.78 is 84.2. The number of aromatic nitrogens is 2. The normalized spacial score (nSPS) is 10.7. The van der Waals surface area contributed by atoms with Crippen LogP contribution in [0.5, 0.6) is 17.2 Å². The van der Waals surface area contributed by atoms with E-state index in [2.05, 4.69) is 5.10 Å². The topological polar surface area (TPSA) is 74.6 Å². The lowest BCUT2D eigenvalue weighted by Crippen LogP contribution is -2.18. The van der Waals surface area contributed by atoms with E-state index in [0.717, 1.165) is 10.7 Å². The van der Waals surface area contributed by atoms with Crippen molar-refractivity contribution in [2.24, 2.45) is 0 Å². The molecule has 164 valence electrons. The quantitative estimate of drug-likeness (QED) is 0.341. The first-order valence-corrected chi connectivity index (χ1v) is 8.48. The molecule has 12 heteroatoms. The van der Waals surface area contributed by atoms with Gasteiger partial charge in [-0.2, -0.15) is 5.10 Å². The van der Waals surface area contributed by atoms with Crippen molar-refractivity contribution in [2.45, 2.75) is 6.73 Å². The number of methoxy groups -OCH3 is 2. The van der Waals surface area contributed by atoms with Crippen LogP contribution in [0, 0.1) is 29.1 Å². The number of rotatable bonds is 7. The molecule has 7 nitrogen and oxygen atoms in total. The van der Waals surface area contributed by atoms with Gasteiger partial charge in [0.2, 0.25) is 11.6 Å². The fraction of sp³-hybridized carbons (Fsp3) is 0.158. The number of amides is 1. The number of carbonyl (C=O) groups is 1. The van der Waals surface area contributed by atoms with Crippen LogP contribution >= 0.6 is 0 Å². The zero-order valence-electron chi connectivity index (χ0n) is 16.0. The molecule has 0 atom stereocenters. The number of benzene rings is 2. The molecule has 0 bridgehead atoms. The maximum absolute atomic E-state index is 13.7. The number of nitrogens with one attached hydrogen (secondary N) is 1. The number of hydrogen-bond acceptors (Lipinski definition) is 5. The molecule has 0 unspecified atom stereocenters. The van der Waals surface area contributed by atoms with Gasteiger partial charge in [0.05, 0.1) is 14.2 Å². The van der Waals surface area contributed by atoms with Gasteiger partial charge in [0.1, 0.15) is 5.69 Å². The molecule has 0 radical (unpaired) electrons. The number of para-hydroxylation sites is 1. The zero-order valence-corrected chi connectivity index (χ0v) is 16.0. The molecule has 1 aromatic heterocycles. The first-order chi connectivity index (χ1) is 14.8. The Bertz CT molecular complexity index is 1080. The number of carbonyl (C=O) groups excluding carboxylic acids is 1. The minimum atomic E-state index is -2.33. The Balaban J connectivity index is 1.76. The maximum Gasteiger partial charge on any atom is 0.276 e. The SMILES string of the molecule is COc1cccc(OC)c1OCn1ccc(C(=O)Nc2c(F)c(F)c(F)c(F)c2F)n1. The summed E-state index contributed by atoms with van der Waals surface area (Å²) >= 11 is 0. The van der Waals surface area contributed by atoms with Crippen molar-refractivity contribution >= 4 is 11.6 Å². The largest absolute Gasteiger partial charge is 0.493 e. The summed E-state index contributed by atoms with van der Waals surface area (Å²) in [5.74, 6) is -11.2. The van der Waals surface area contributed by atoms with E-state index in [-0.39, 0.29) is 18.2 Å². The Morgan fingerprint density at radius 2 is 1.48 bits per heavy atom. The first-order valence-electron chi connectivity index (χ1n) is 8.48. The Hall–Kier alpha value is -3.83. The standard InChI is InChI=1S/C19H14F5N3O4/c1-29-10-4-3-5-11(30-2)18(10)31-8-27-7-6-9(26-27)19(28)25-17-15(23)13(21)12(20)14(22)16(17)24/h3-7H,8H2,1-2H3,(H,25,28). The van der Waals surface area contributed by atoms with Gasteiger partial charge in [0, 0.05) is 6.20 Å². The van der Waals surface area contributed by atoms with Gasteiger partial charge in [0.25, 0.3) is 5.91 Å². The molecule has 1 N–H and O–H groups in total. The van der Waals surface area contributed by atoms with Gasteiger partial charge in [-0.1, -0.05) is 6.07 Å². The van der Waals surface area contributed by atoms with E-state index in [4.69, 9.17) is 14.2 Å². The molecule has 3 aromatic rings. The highest BCUT2D eigenvalue weighted by Crippen LogP contribution is 2.36. The lowest BCUT2D eigenvalue weighted by molar-refractivity contribution is 0.101. The van der Waals surface area contributed by atoms with Gasteiger partial charge in [-0.25, -0.2) is 26.6 Å². The number of ether oxygens (including phenoxy) is 3. The van der Waals surface area contributed by atoms with Crippen molar-refractivity contribution in [3.05, 3.63) is 65.2 Å². The van der Waals surface area contributed by atoms with Crippen molar-refractivity contribution < 1.29 is 41.0 Å². The van der Waals surface area contributed by atoms with Gasteiger partial charge < -0.3 is 19.5 Å². The fourth-order valence-corrected chi connectivity index (χ4v) is 2.54. The average Bonchev–Trinajstić information content (AvgIpc) is 3.26. The van der Waals surface area contributed by atoms with Crippen LogP contribution < -0.4 is 19.5 Å². The average molecular weight is 443 g/mol. The summed E-state index contributed by atoms with van der Waals surface area (Å²) in [5, 5.41) is 5.48. The highest BCUT2D eigenvalue weighted by atomic mass is 19.2. The second-order valence-corrected chi connectivity index (χ2v) is 5.90. The monoisotopic (exact) mass is 443 g/mol. The van der Waals surface area contributed by atoms with Crippen LogP contribution in [0.4, 0.5) is 27.6 Å².